The van der Waals surface area contributed by atoms with Crippen LogP contribution in [0.15, 0.2) is 115 Å². The normalized spacial score (nSPS) is 14.4. The Hall–Kier alpha value is -4.93. The summed E-state index contributed by atoms with van der Waals surface area (Å²) in [5.74, 6) is 2.71. The number of fused-ring (bicyclic) bond motifs is 4. The van der Waals surface area contributed by atoms with Gasteiger partial charge in [-0.05, 0) is 90.2 Å². The maximum absolute atomic E-state index is 13.9. The molecule has 1 fully saturated rings. The molecule has 0 N–H and O–H groups in total. The molecule has 2 aliphatic rings. The number of halogens is 1. The van der Waals surface area contributed by atoms with Crippen LogP contribution in [0.1, 0.15) is 62.5 Å². The molecule has 3 heterocycles. The standard InChI is InChI=1S/C44H36FN4O.Pt/c1-29(2)31-21-22-46-44(25-31)49-40-12-6-5-11-38(40)39-20-19-36(27-43(39)49)50-37-24-32(30-9-3-4-10-30)23-35(26-37)48-28-47(34-17-15-33(45)16-18-34)41-13-7-8-14-42(41)48;/h5-8,11-25,28-30H,3-4,9-10H2,1-2H3;/q-3;. The van der Waals surface area contributed by atoms with Gasteiger partial charge in [-0.3, -0.25) is 0 Å². The van der Waals surface area contributed by atoms with Gasteiger partial charge in [0.15, 0.2) is 0 Å². The van der Waals surface area contributed by atoms with Gasteiger partial charge in [0.2, 0.25) is 0 Å². The summed E-state index contributed by atoms with van der Waals surface area (Å²) >= 11 is 0. The van der Waals surface area contributed by atoms with E-state index in [0.29, 0.717) is 23.3 Å². The van der Waals surface area contributed by atoms with Crippen LogP contribution in [0.3, 0.4) is 0 Å². The van der Waals surface area contributed by atoms with Crippen molar-refractivity contribution in [3.63, 3.8) is 0 Å². The van der Waals surface area contributed by atoms with E-state index in [1.54, 1.807) is 12.1 Å². The third kappa shape index (κ3) is 6.10. The second-order valence-corrected chi connectivity index (χ2v) is 13.6. The number of pyridine rings is 1. The van der Waals surface area contributed by atoms with E-state index in [9.17, 15) is 4.39 Å². The molecule has 0 bridgehead atoms. The Kier molecular flexibility index (Phi) is 8.89. The van der Waals surface area contributed by atoms with Crippen LogP contribution >= 0.6 is 0 Å². The Morgan fingerprint density at radius 2 is 1.53 bits per heavy atom. The van der Waals surface area contributed by atoms with Crippen LogP contribution < -0.4 is 14.5 Å². The molecule has 0 atom stereocenters. The molecule has 2 aromatic heterocycles. The van der Waals surface area contributed by atoms with Crippen LogP contribution in [0.25, 0.3) is 27.6 Å². The zero-order valence-electron chi connectivity index (χ0n) is 28.4. The summed E-state index contributed by atoms with van der Waals surface area (Å²) < 4.78 is 22.8. The van der Waals surface area contributed by atoms with Gasteiger partial charge in [-0.1, -0.05) is 62.5 Å². The number of hydrogen-bond donors (Lipinski definition) is 0. The topological polar surface area (TPSA) is 33.5 Å². The summed E-state index contributed by atoms with van der Waals surface area (Å²) in [7, 11) is 0. The molecule has 7 aromatic rings. The first-order chi connectivity index (χ1) is 24.5. The molecule has 5 nitrogen and oxygen atoms in total. The molecule has 1 aliphatic heterocycles. The van der Waals surface area contributed by atoms with Crippen molar-refractivity contribution in [2.24, 2.45) is 0 Å². The molecule has 7 heteroatoms. The summed E-state index contributed by atoms with van der Waals surface area (Å²) in [6.07, 6.45) is 6.66. The summed E-state index contributed by atoms with van der Waals surface area (Å²) in [6.45, 7) is 6.46. The summed E-state index contributed by atoms with van der Waals surface area (Å²) in [6, 6.07) is 43.3. The minimum Gasteiger partial charge on any atom is -0.509 e. The van der Waals surface area contributed by atoms with Gasteiger partial charge in [0.05, 0.1) is 0 Å². The van der Waals surface area contributed by atoms with Gasteiger partial charge in [-0.15, -0.1) is 53.6 Å². The second kappa shape index (κ2) is 13.7. The van der Waals surface area contributed by atoms with Gasteiger partial charge >= 0.3 is 0 Å². The number of ether oxygens (including phenoxy) is 1. The van der Waals surface area contributed by atoms with E-state index in [4.69, 9.17) is 9.72 Å². The van der Waals surface area contributed by atoms with E-state index < -0.39 is 0 Å². The number of hydrogen-bond acceptors (Lipinski definition) is 4. The van der Waals surface area contributed by atoms with Crippen molar-refractivity contribution in [1.29, 1.82) is 0 Å². The number of anilines is 4. The molecule has 258 valence electrons. The Morgan fingerprint density at radius 3 is 2.31 bits per heavy atom. The molecule has 0 spiro atoms. The third-order valence-electron chi connectivity index (χ3n) is 10.1. The number of aromatic nitrogens is 2. The molecule has 1 saturated carbocycles. The monoisotopic (exact) mass is 850 g/mol. The van der Waals surface area contributed by atoms with Crippen molar-refractivity contribution in [1.82, 2.24) is 9.55 Å². The van der Waals surface area contributed by atoms with Crippen molar-refractivity contribution >= 4 is 44.6 Å². The molecule has 0 amide bonds. The van der Waals surface area contributed by atoms with E-state index >= 15 is 0 Å². The molecule has 0 saturated heterocycles. The first kappa shape index (κ1) is 33.2. The molecule has 5 aromatic carbocycles. The van der Waals surface area contributed by atoms with Gasteiger partial charge in [0, 0.05) is 61.3 Å². The molecule has 1 aliphatic carbocycles. The second-order valence-electron chi connectivity index (χ2n) is 13.6. The van der Waals surface area contributed by atoms with Crippen LogP contribution in [-0.2, 0) is 21.1 Å². The van der Waals surface area contributed by atoms with Gasteiger partial charge in [-0.2, -0.15) is 6.07 Å². The van der Waals surface area contributed by atoms with E-state index in [1.165, 1.54) is 36.1 Å². The number of para-hydroxylation sites is 3. The molecule has 9 rings (SSSR count). The number of benzene rings is 5. The van der Waals surface area contributed by atoms with Crippen LogP contribution in [0, 0.1) is 24.6 Å². The molecule has 0 radical (unpaired) electrons. The van der Waals surface area contributed by atoms with Crippen molar-refractivity contribution in [2.45, 2.75) is 51.4 Å². The summed E-state index contributed by atoms with van der Waals surface area (Å²) in [5, 5.41) is 2.24. The third-order valence-corrected chi connectivity index (χ3v) is 10.1. The minimum atomic E-state index is -0.256. The van der Waals surface area contributed by atoms with Crippen LogP contribution in [0.4, 0.5) is 27.1 Å². The predicted octanol–water partition coefficient (Wildman–Crippen LogP) is 11.9. The van der Waals surface area contributed by atoms with Gasteiger partial charge in [-0.25, -0.2) is 9.37 Å². The summed E-state index contributed by atoms with van der Waals surface area (Å²) in [5.41, 5.74) is 8.30. The average Bonchev–Trinajstić information content (AvgIpc) is 3.89. The average molecular weight is 851 g/mol. The maximum Gasteiger partial charge on any atom is 0.135 e. The van der Waals surface area contributed by atoms with Gasteiger partial charge < -0.3 is 19.1 Å². The minimum absolute atomic E-state index is 0. The number of nitrogens with zero attached hydrogens (tertiary/aromatic N) is 4. The number of rotatable bonds is 7. The van der Waals surface area contributed by atoms with Crippen LogP contribution in [0.5, 0.6) is 11.5 Å². The Bertz CT molecular complexity index is 2360. The van der Waals surface area contributed by atoms with E-state index in [-0.39, 0.29) is 26.9 Å². The van der Waals surface area contributed by atoms with Crippen molar-refractivity contribution in [3.05, 3.63) is 151 Å². The predicted molar refractivity (Wildman–Crippen MR) is 199 cm³/mol. The zero-order valence-corrected chi connectivity index (χ0v) is 30.7. The largest absolute Gasteiger partial charge is 0.509 e. The van der Waals surface area contributed by atoms with Crippen molar-refractivity contribution in [2.75, 3.05) is 9.80 Å². The Morgan fingerprint density at radius 1 is 0.784 bits per heavy atom. The van der Waals surface area contributed by atoms with Gasteiger partial charge in [0.25, 0.3) is 0 Å². The molecule has 51 heavy (non-hydrogen) atoms. The molecular formula is C44H36FN4OPt-3. The Labute approximate surface area is 312 Å². The zero-order chi connectivity index (χ0) is 33.8. The summed E-state index contributed by atoms with van der Waals surface area (Å²) in [4.78, 5) is 9.05. The van der Waals surface area contributed by atoms with Crippen molar-refractivity contribution in [3.8, 4) is 17.3 Å². The fourth-order valence-corrected chi connectivity index (χ4v) is 7.55. The SMILES string of the molecule is CC(C)c1ccnc(-n2c3[c-]c(Oc4[c-]c(N5[CH-]N(c6ccc(F)cc6)c6ccccc65)cc(C5CCCC5)c4)ccc3c3ccccc32)c1.[Pt]. The first-order valence-corrected chi connectivity index (χ1v) is 17.5. The van der Waals surface area contributed by atoms with Crippen molar-refractivity contribution < 1.29 is 30.2 Å². The van der Waals surface area contributed by atoms with Crippen LogP contribution in [-0.4, -0.2) is 9.55 Å². The van der Waals surface area contributed by atoms with Crippen LogP contribution in [0.2, 0.25) is 0 Å². The first-order valence-electron chi connectivity index (χ1n) is 17.5. The molecular weight excluding hydrogens is 815 g/mol. The quantitative estimate of drug-likeness (QED) is 0.150. The maximum atomic E-state index is 13.9. The van der Waals surface area contributed by atoms with E-state index in [0.717, 1.165) is 63.2 Å². The smallest absolute Gasteiger partial charge is 0.135 e. The molecule has 0 unspecified atom stereocenters. The van der Waals surface area contributed by atoms with E-state index in [1.807, 2.05) is 24.4 Å². The van der Waals surface area contributed by atoms with E-state index in [2.05, 4.69) is 114 Å². The fourth-order valence-electron chi connectivity index (χ4n) is 7.55. The fraction of sp³-hybridized carbons (Fsp3) is 0.182. The van der Waals surface area contributed by atoms with Gasteiger partial charge in [0.1, 0.15) is 11.6 Å². The Balaban J connectivity index is 0.00000374.